The predicted molar refractivity (Wildman–Crippen MR) is 76.0 cm³/mol. The highest BCUT2D eigenvalue weighted by Crippen LogP contribution is 2.12. The van der Waals surface area contributed by atoms with Gasteiger partial charge in [-0.15, -0.1) is 0 Å². The van der Waals surface area contributed by atoms with Gasteiger partial charge in [-0.2, -0.15) is 0 Å². The fourth-order valence-corrected chi connectivity index (χ4v) is 1.84. The molecule has 0 radical (unpaired) electrons. The first-order valence-corrected chi connectivity index (χ1v) is 6.25. The fraction of sp³-hybridized carbons (Fsp3) is 0.200. The summed E-state index contributed by atoms with van der Waals surface area (Å²) in [7, 11) is 3.36. The molecular weight excluding hydrogens is 257 g/mol. The summed E-state index contributed by atoms with van der Waals surface area (Å²) in [4.78, 5) is 17.9. The molecule has 0 bridgehead atoms. The number of nitrogens with one attached hydrogen (secondary N) is 1. The summed E-state index contributed by atoms with van der Waals surface area (Å²) in [5, 5.41) is 2.88. The van der Waals surface area contributed by atoms with Gasteiger partial charge in [-0.05, 0) is 18.2 Å². The number of nitrogens with zero attached hydrogens (tertiary/aromatic N) is 2. The van der Waals surface area contributed by atoms with Crippen LogP contribution in [0.1, 0.15) is 16.1 Å². The smallest absolute Gasteiger partial charge is 0.272 e. The summed E-state index contributed by atoms with van der Waals surface area (Å²) < 4.78 is 13.6. The monoisotopic (exact) mass is 273 g/mol. The van der Waals surface area contributed by atoms with Gasteiger partial charge in [0.2, 0.25) is 0 Å². The first kappa shape index (κ1) is 14.0. The first-order chi connectivity index (χ1) is 9.61. The molecule has 0 aliphatic rings. The zero-order chi connectivity index (χ0) is 14.5. The Morgan fingerprint density at radius 3 is 2.70 bits per heavy atom. The number of carbonyl (C=O) groups excluding carboxylic acids is 1. The summed E-state index contributed by atoms with van der Waals surface area (Å²) in [6, 6.07) is 11.6. The van der Waals surface area contributed by atoms with Gasteiger partial charge in [-0.3, -0.25) is 4.79 Å². The zero-order valence-electron chi connectivity index (χ0n) is 11.4. The maximum Gasteiger partial charge on any atom is 0.272 e. The molecule has 0 unspecified atom stereocenters. The third-order valence-corrected chi connectivity index (χ3v) is 2.94. The van der Waals surface area contributed by atoms with Gasteiger partial charge in [0.1, 0.15) is 17.3 Å². The molecule has 4 nitrogen and oxygen atoms in total. The highest BCUT2D eigenvalue weighted by atomic mass is 19.1. The number of aromatic nitrogens is 1. The number of anilines is 1. The van der Waals surface area contributed by atoms with Crippen molar-refractivity contribution in [3.63, 3.8) is 0 Å². The van der Waals surface area contributed by atoms with Crippen LogP contribution in [0.25, 0.3) is 0 Å². The van der Waals surface area contributed by atoms with E-state index in [0.29, 0.717) is 17.1 Å². The van der Waals surface area contributed by atoms with Crippen molar-refractivity contribution in [2.24, 2.45) is 0 Å². The molecule has 20 heavy (non-hydrogen) atoms. The fourth-order valence-electron chi connectivity index (χ4n) is 1.84. The molecular formula is C15H16FN3O. The van der Waals surface area contributed by atoms with E-state index in [1.807, 2.05) is 0 Å². The summed E-state index contributed by atoms with van der Waals surface area (Å²) in [5.41, 5.74) is 0.809. The summed E-state index contributed by atoms with van der Waals surface area (Å²) in [5.74, 6) is 0.0598. The van der Waals surface area contributed by atoms with Gasteiger partial charge in [-0.1, -0.05) is 24.3 Å². The molecule has 1 heterocycles. The minimum atomic E-state index is -0.316. The van der Waals surface area contributed by atoms with E-state index < -0.39 is 0 Å². The molecule has 0 atom stereocenters. The number of pyridine rings is 1. The maximum absolute atomic E-state index is 13.6. The minimum Gasteiger partial charge on any atom is -0.373 e. The van der Waals surface area contributed by atoms with E-state index in [0.717, 1.165) is 0 Å². The van der Waals surface area contributed by atoms with E-state index in [4.69, 9.17) is 0 Å². The Kier molecular flexibility index (Phi) is 4.30. The number of carbonyl (C=O) groups is 1. The van der Waals surface area contributed by atoms with Gasteiger partial charge in [0.05, 0.1) is 0 Å². The zero-order valence-corrected chi connectivity index (χ0v) is 11.4. The van der Waals surface area contributed by atoms with Crippen LogP contribution in [0.15, 0.2) is 42.5 Å². The van der Waals surface area contributed by atoms with Crippen molar-refractivity contribution in [3.05, 3.63) is 59.5 Å². The van der Waals surface area contributed by atoms with Gasteiger partial charge >= 0.3 is 0 Å². The predicted octanol–water partition coefficient (Wildman–Crippen LogP) is 2.53. The average molecular weight is 273 g/mol. The molecule has 104 valence electrons. The lowest BCUT2D eigenvalue weighted by Gasteiger charge is -2.17. The second kappa shape index (κ2) is 6.14. The topological polar surface area (TPSA) is 45.2 Å². The molecule has 0 saturated heterocycles. The van der Waals surface area contributed by atoms with Gasteiger partial charge in [-0.25, -0.2) is 9.37 Å². The highest BCUT2D eigenvalue weighted by Gasteiger charge is 2.15. The molecule has 5 heteroatoms. The van der Waals surface area contributed by atoms with E-state index in [9.17, 15) is 9.18 Å². The molecule has 0 saturated carbocycles. The third kappa shape index (κ3) is 3.12. The molecule has 1 aromatic heterocycles. The maximum atomic E-state index is 13.6. The van der Waals surface area contributed by atoms with Crippen LogP contribution in [-0.4, -0.2) is 29.9 Å². The normalized spacial score (nSPS) is 10.2. The van der Waals surface area contributed by atoms with Crippen LogP contribution < -0.4 is 5.32 Å². The number of amides is 1. The van der Waals surface area contributed by atoms with Crippen molar-refractivity contribution >= 4 is 11.7 Å². The van der Waals surface area contributed by atoms with Crippen molar-refractivity contribution in [1.29, 1.82) is 0 Å². The molecule has 2 aromatic rings. The number of hydrogen-bond donors (Lipinski definition) is 1. The molecule has 0 fully saturated rings. The minimum absolute atomic E-state index is 0.205. The molecule has 1 aromatic carbocycles. The molecule has 1 amide bonds. The lowest BCUT2D eigenvalue weighted by molar-refractivity contribution is 0.0778. The Bertz CT molecular complexity index is 616. The van der Waals surface area contributed by atoms with Crippen molar-refractivity contribution < 1.29 is 9.18 Å². The number of halogens is 1. The Balaban J connectivity index is 2.14. The lowest BCUT2D eigenvalue weighted by Crippen LogP contribution is -2.27. The van der Waals surface area contributed by atoms with Gasteiger partial charge < -0.3 is 10.2 Å². The molecule has 0 aliphatic carbocycles. The number of hydrogen-bond acceptors (Lipinski definition) is 3. The van der Waals surface area contributed by atoms with Crippen LogP contribution >= 0.6 is 0 Å². The number of rotatable bonds is 4. The van der Waals surface area contributed by atoms with E-state index in [-0.39, 0.29) is 18.3 Å². The Morgan fingerprint density at radius 1 is 1.25 bits per heavy atom. The van der Waals surface area contributed by atoms with E-state index in [1.165, 1.54) is 11.0 Å². The van der Waals surface area contributed by atoms with Crippen LogP contribution in [0.5, 0.6) is 0 Å². The van der Waals surface area contributed by atoms with Crippen molar-refractivity contribution in [3.8, 4) is 0 Å². The largest absolute Gasteiger partial charge is 0.373 e. The molecule has 2 rings (SSSR count). The molecule has 1 N–H and O–H groups in total. The van der Waals surface area contributed by atoms with Gasteiger partial charge in [0.15, 0.2) is 0 Å². The average Bonchev–Trinajstić information content (AvgIpc) is 2.48. The van der Waals surface area contributed by atoms with Crippen LogP contribution in [0, 0.1) is 5.82 Å². The van der Waals surface area contributed by atoms with Crippen LogP contribution in [0.2, 0.25) is 0 Å². The number of benzene rings is 1. The first-order valence-electron chi connectivity index (χ1n) is 6.25. The Morgan fingerprint density at radius 2 is 2.00 bits per heavy atom. The Hall–Kier alpha value is -2.43. The van der Waals surface area contributed by atoms with E-state index in [1.54, 1.807) is 50.5 Å². The van der Waals surface area contributed by atoms with Crippen molar-refractivity contribution in [2.45, 2.75) is 6.54 Å². The van der Waals surface area contributed by atoms with Crippen LogP contribution in [-0.2, 0) is 6.54 Å². The summed E-state index contributed by atoms with van der Waals surface area (Å²) >= 11 is 0. The van der Waals surface area contributed by atoms with E-state index in [2.05, 4.69) is 10.3 Å². The van der Waals surface area contributed by atoms with Crippen LogP contribution in [0.4, 0.5) is 10.2 Å². The van der Waals surface area contributed by atoms with Crippen molar-refractivity contribution in [2.75, 3.05) is 19.4 Å². The Labute approximate surface area is 117 Å². The van der Waals surface area contributed by atoms with Gasteiger partial charge in [0.25, 0.3) is 5.91 Å². The lowest BCUT2D eigenvalue weighted by atomic mass is 10.2. The molecule has 0 spiro atoms. The molecule has 0 aliphatic heterocycles. The third-order valence-electron chi connectivity index (χ3n) is 2.94. The van der Waals surface area contributed by atoms with E-state index >= 15 is 0 Å². The van der Waals surface area contributed by atoms with Crippen LogP contribution in [0.3, 0.4) is 0 Å². The second-order valence-electron chi connectivity index (χ2n) is 4.41. The SMILES string of the molecule is CNc1cccc(C(=O)N(C)Cc2ccccc2F)n1. The van der Waals surface area contributed by atoms with Gasteiger partial charge in [0, 0.05) is 26.2 Å². The summed E-state index contributed by atoms with van der Waals surface area (Å²) in [6.45, 7) is 0.205. The second-order valence-corrected chi connectivity index (χ2v) is 4.41. The highest BCUT2D eigenvalue weighted by molar-refractivity contribution is 5.92. The quantitative estimate of drug-likeness (QED) is 0.931. The standard InChI is InChI=1S/C15H16FN3O/c1-17-14-9-5-8-13(18-14)15(20)19(2)10-11-6-3-4-7-12(11)16/h3-9H,10H2,1-2H3,(H,17,18). The van der Waals surface area contributed by atoms with Crippen molar-refractivity contribution in [1.82, 2.24) is 9.88 Å². The summed E-state index contributed by atoms with van der Waals surface area (Å²) in [6.07, 6.45) is 0.